The van der Waals surface area contributed by atoms with Crippen LogP contribution in [0.2, 0.25) is 0 Å². The van der Waals surface area contributed by atoms with Gasteiger partial charge >= 0.3 is 11.9 Å². The number of hydrogen-bond donors (Lipinski definition) is 4. The van der Waals surface area contributed by atoms with Crippen LogP contribution in [0.5, 0.6) is 0 Å². The number of esters is 2. The summed E-state index contributed by atoms with van der Waals surface area (Å²) >= 11 is 0. The summed E-state index contributed by atoms with van der Waals surface area (Å²) in [5.41, 5.74) is 9.94. The summed E-state index contributed by atoms with van der Waals surface area (Å²) in [5, 5.41) is 18.8. The van der Waals surface area contributed by atoms with Gasteiger partial charge in [-0.15, -0.1) is 5.59 Å². The van der Waals surface area contributed by atoms with E-state index in [1.54, 1.807) is 36.4 Å². The van der Waals surface area contributed by atoms with E-state index in [0.29, 0.717) is 16.7 Å². The highest BCUT2D eigenvalue weighted by Crippen LogP contribution is 2.21. The first-order valence-electron chi connectivity index (χ1n) is 18.3. The van der Waals surface area contributed by atoms with Crippen molar-refractivity contribution >= 4 is 23.5 Å². The maximum absolute atomic E-state index is 12.3. The first kappa shape index (κ1) is 47.0. The molecule has 0 unspecified atom stereocenters. The number of carbonyl (C=O) groups excluding carboxylic acids is 4. The van der Waals surface area contributed by atoms with Crippen LogP contribution in [-0.4, -0.2) is 62.9 Å². The van der Waals surface area contributed by atoms with Crippen molar-refractivity contribution in [1.29, 1.82) is 0 Å². The molecule has 0 fully saturated rings. The molecular formula is C46H47FN6O7. The molecule has 0 saturated carbocycles. The molecule has 310 valence electrons. The average Bonchev–Trinajstić information content (AvgIpc) is 3.90. The lowest BCUT2D eigenvalue weighted by molar-refractivity contribution is -0.116. The Hall–Kier alpha value is -7.39. The zero-order chi connectivity index (χ0) is 43.9. The van der Waals surface area contributed by atoms with Gasteiger partial charge in [0.15, 0.2) is 5.78 Å². The lowest BCUT2D eigenvalue weighted by Gasteiger charge is -2.05. The van der Waals surface area contributed by atoms with E-state index in [4.69, 9.17) is 9.94 Å². The van der Waals surface area contributed by atoms with E-state index in [2.05, 4.69) is 38.0 Å². The average molecular weight is 815 g/mol. The van der Waals surface area contributed by atoms with Crippen molar-refractivity contribution < 1.29 is 38.2 Å². The Labute approximate surface area is 347 Å². The summed E-state index contributed by atoms with van der Waals surface area (Å²) < 4.78 is 23.3. The molecule has 0 aliphatic heterocycles. The Bertz CT molecular complexity index is 2370. The number of aromatic amines is 1. The molecule has 0 aliphatic carbocycles. The number of ketones is 2. The van der Waals surface area contributed by atoms with Crippen LogP contribution in [-0.2, 0) is 14.3 Å². The fourth-order valence-electron chi connectivity index (χ4n) is 5.17. The van der Waals surface area contributed by atoms with E-state index >= 15 is 0 Å². The van der Waals surface area contributed by atoms with Gasteiger partial charge in [0.05, 0.1) is 48.8 Å². The van der Waals surface area contributed by atoms with Crippen LogP contribution >= 0.6 is 0 Å². The van der Waals surface area contributed by atoms with Gasteiger partial charge in [-0.2, -0.15) is 10.2 Å². The molecule has 0 aliphatic rings. The lowest BCUT2D eigenvalue weighted by Crippen LogP contribution is -2.14. The van der Waals surface area contributed by atoms with Crippen LogP contribution < -0.4 is 11.4 Å². The van der Waals surface area contributed by atoms with Crippen molar-refractivity contribution in [2.45, 2.75) is 27.2 Å². The van der Waals surface area contributed by atoms with E-state index in [-0.39, 0.29) is 29.8 Å². The molecule has 60 heavy (non-hydrogen) atoms. The lowest BCUT2D eigenvalue weighted by atomic mass is 10.1. The normalized spacial score (nSPS) is 9.73. The van der Waals surface area contributed by atoms with Gasteiger partial charge < -0.3 is 14.7 Å². The zero-order valence-electron chi connectivity index (χ0n) is 33.8. The number of aryl methyl sites for hydroxylation is 2. The third kappa shape index (κ3) is 15.5. The minimum atomic E-state index is -0.454. The van der Waals surface area contributed by atoms with Gasteiger partial charge in [0.1, 0.15) is 11.6 Å². The summed E-state index contributed by atoms with van der Waals surface area (Å²) in [4.78, 5) is 44.1. The van der Waals surface area contributed by atoms with Crippen LogP contribution in [0.4, 0.5) is 4.39 Å². The summed E-state index contributed by atoms with van der Waals surface area (Å²) in [5.74, 6) is 2.79. The molecule has 5 aromatic carbocycles. The SMILES string of the molecule is CC(=O)CC(=O)c1ccccc1.COC(=O)c1ccc(-n2nc(-c3ccccc3)cc2C)cc1.COC(=O)c1ccc(F)cc1.Cc1cc(-c2ccccc2)n[nH]1.NNO. The maximum atomic E-state index is 12.3. The monoisotopic (exact) mass is 814 g/mol. The van der Waals surface area contributed by atoms with E-state index in [1.165, 1.54) is 51.0 Å². The second-order valence-corrected chi connectivity index (χ2v) is 12.6. The molecule has 0 atom stereocenters. The number of halogens is 1. The number of rotatable bonds is 8. The zero-order valence-corrected chi connectivity index (χ0v) is 33.8. The van der Waals surface area contributed by atoms with Crippen molar-refractivity contribution in [1.82, 2.24) is 25.6 Å². The first-order valence-corrected chi connectivity index (χ1v) is 18.3. The van der Waals surface area contributed by atoms with Gasteiger partial charge in [0.25, 0.3) is 0 Å². The van der Waals surface area contributed by atoms with E-state index < -0.39 is 5.97 Å². The number of nitrogens with two attached hydrogens (primary N) is 1. The fraction of sp³-hybridized carbons (Fsp3) is 0.130. The van der Waals surface area contributed by atoms with Gasteiger partial charge in [-0.05, 0) is 81.4 Å². The number of aromatic nitrogens is 4. The predicted molar refractivity (Wildman–Crippen MR) is 227 cm³/mol. The smallest absolute Gasteiger partial charge is 0.337 e. The molecule has 2 heterocycles. The standard InChI is InChI=1S/C18H16N2O2.C10H10N2.C10H10O2.C8H7FO2.H4N2O/c1-13-12-17(14-6-4-3-5-7-14)19-20(13)16-10-8-15(9-11-16)18(21)22-2;1-8-7-10(12-11-8)9-5-3-2-4-6-9;1-8(11)7-10(12)9-5-3-2-4-6-9;1-11-8(10)6-2-4-7(9)5-3-6;1-2-3/h3-12H,1-2H3;2-7H,1H3,(H,11,12);2-6H,7H2,1H3;2-5H,1H3;2-3H,1H2. The largest absolute Gasteiger partial charge is 0.465 e. The number of hydrazine groups is 1. The molecule has 14 heteroatoms. The van der Waals surface area contributed by atoms with Gasteiger partial charge in [-0.3, -0.25) is 14.7 Å². The summed E-state index contributed by atoms with van der Waals surface area (Å²) in [6, 6.07) is 45.5. The molecule has 2 aromatic heterocycles. The van der Waals surface area contributed by atoms with Crippen molar-refractivity contribution in [3.05, 3.63) is 186 Å². The molecule has 0 radical (unpaired) electrons. The van der Waals surface area contributed by atoms with Crippen molar-refractivity contribution in [3.63, 3.8) is 0 Å². The Morgan fingerprint density at radius 3 is 1.57 bits per heavy atom. The number of Topliss-reactive ketones (excluding diaryl/α,β-unsaturated/α-hetero) is 2. The van der Waals surface area contributed by atoms with Crippen LogP contribution in [0.25, 0.3) is 28.2 Å². The number of methoxy groups -OCH3 is 2. The number of carbonyl (C=O) groups is 4. The van der Waals surface area contributed by atoms with Crippen LogP contribution in [0.3, 0.4) is 0 Å². The Morgan fingerprint density at radius 2 is 1.13 bits per heavy atom. The minimum absolute atomic E-state index is 0.00398. The summed E-state index contributed by atoms with van der Waals surface area (Å²) in [6.07, 6.45) is 0.00398. The number of nitrogens with one attached hydrogen (secondary N) is 2. The number of benzene rings is 5. The number of H-pyrrole nitrogens is 1. The Kier molecular flexibility index (Phi) is 19.6. The third-order valence-electron chi connectivity index (χ3n) is 8.04. The molecular weight excluding hydrogens is 768 g/mol. The molecule has 0 amide bonds. The minimum Gasteiger partial charge on any atom is -0.465 e. The molecule has 13 nitrogen and oxygen atoms in total. The first-order chi connectivity index (χ1) is 28.9. The van der Waals surface area contributed by atoms with Crippen molar-refractivity contribution in [2.24, 2.45) is 5.84 Å². The van der Waals surface area contributed by atoms with Crippen molar-refractivity contribution in [2.75, 3.05) is 14.2 Å². The second kappa shape index (κ2) is 25.1. The molecule has 0 spiro atoms. The van der Waals surface area contributed by atoms with E-state index in [9.17, 15) is 23.6 Å². The maximum Gasteiger partial charge on any atom is 0.337 e. The van der Waals surface area contributed by atoms with Crippen LogP contribution in [0.1, 0.15) is 55.8 Å². The molecule has 7 aromatic rings. The van der Waals surface area contributed by atoms with Gasteiger partial charge in [0.2, 0.25) is 0 Å². The quantitative estimate of drug-likeness (QED) is 0.0379. The molecule has 0 saturated heterocycles. The fourth-order valence-corrected chi connectivity index (χ4v) is 5.17. The Balaban J connectivity index is 0.000000219. The van der Waals surface area contributed by atoms with Crippen LogP contribution in [0.15, 0.2) is 152 Å². The highest BCUT2D eigenvalue weighted by atomic mass is 19.1. The van der Waals surface area contributed by atoms with Gasteiger partial charge in [-0.25, -0.2) is 24.5 Å². The molecule has 7 rings (SSSR count). The van der Waals surface area contributed by atoms with Gasteiger partial charge in [-0.1, -0.05) is 91.0 Å². The predicted octanol–water partition coefficient (Wildman–Crippen LogP) is 8.32. The van der Waals surface area contributed by atoms with Crippen LogP contribution in [0, 0.1) is 19.7 Å². The third-order valence-corrected chi connectivity index (χ3v) is 8.04. The number of hydrogen-bond acceptors (Lipinski definition) is 11. The summed E-state index contributed by atoms with van der Waals surface area (Å²) in [6.45, 7) is 5.42. The summed E-state index contributed by atoms with van der Waals surface area (Å²) in [7, 11) is 2.66. The van der Waals surface area contributed by atoms with E-state index in [1.807, 2.05) is 97.4 Å². The van der Waals surface area contributed by atoms with Crippen molar-refractivity contribution in [3.8, 4) is 28.2 Å². The Morgan fingerprint density at radius 1 is 0.683 bits per heavy atom. The topological polar surface area (TPSA) is 192 Å². The number of ether oxygens (including phenoxy) is 2. The molecule has 5 N–H and O–H groups in total. The van der Waals surface area contributed by atoms with E-state index in [0.717, 1.165) is 39.6 Å². The second-order valence-electron chi connectivity index (χ2n) is 12.6. The molecule has 0 bridgehead atoms. The number of nitrogens with zero attached hydrogens (tertiary/aromatic N) is 3. The highest BCUT2D eigenvalue weighted by Gasteiger charge is 2.10. The van der Waals surface area contributed by atoms with Gasteiger partial charge in [0, 0.05) is 28.1 Å². The highest BCUT2D eigenvalue weighted by molar-refractivity contribution is 6.07.